The molecule has 0 saturated carbocycles. The van der Waals surface area contributed by atoms with Crippen molar-refractivity contribution in [2.24, 2.45) is 0 Å². The first-order valence-electron chi connectivity index (χ1n) is 8.66. The minimum Gasteiger partial charge on any atom is -0.363 e. The maximum atomic E-state index is 11.8. The Morgan fingerprint density at radius 3 is 2.75 bits per heavy atom. The number of likely N-dealkylation sites (N-methyl/N-ethyl adjacent to an activating group) is 1. The van der Waals surface area contributed by atoms with Crippen molar-refractivity contribution in [1.82, 2.24) is 9.27 Å². The number of ether oxygens (including phenoxy) is 1. The molecular formula is C18H21N3O2S. The minimum atomic E-state index is -0.156. The largest absolute Gasteiger partial charge is 0.363 e. The average molecular weight is 343 g/mol. The number of anilines is 1. The van der Waals surface area contributed by atoms with E-state index in [9.17, 15) is 4.79 Å². The van der Waals surface area contributed by atoms with E-state index in [0.717, 1.165) is 25.2 Å². The maximum Gasteiger partial charge on any atom is 0.248 e. The SMILES string of the molecule is CN1CC2(CC3CCC(C2)N3c2nsc3ccccc23)OCC1=O. The molecule has 3 aliphatic heterocycles. The van der Waals surface area contributed by atoms with Crippen molar-refractivity contribution < 1.29 is 9.53 Å². The summed E-state index contributed by atoms with van der Waals surface area (Å²) in [5.74, 6) is 1.25. The van der Waals surface area contributed by atoms with Crippen LogP contribution in [0.25, 0.3) is 10.1 Å². The van der Waals surface area contributed by atoms with Crippen molar-refractivity contribution in [2.45, 2.75) is 43.4 Å². The van der Waals surface area contributed by atoms with E-state index in [4.69, 9.17) is 9.11 Å². The second kappa shape index (κ2) is 5.17. The zero-order valence-electron chi connectivity index (χ0n) is 13.8. The molecule has 3 fully saturated rings. The van der Waals surface area contributed by atoms with Gasteiger partial charge in [-0.15, -0.1) is 0 Å². The Morgan fingerprint density at radius 2 is 2.00 bits per heavy atom. The third-order valence-electron chi connectivity index (χ3n) is 5.89. The van der Waals surface area contributed by atoms with Crippen LogP contribution in [0, 0.1) is 0 Å². The van der Waals surface area contributed by atoms with E-state index >= 15 is 0 Å². The number of morpholine rings is 1. The molecule has 5 rings (SSSR count). The average Bonchev–Trinajstić information content (AvgIpc) is 3.11. The molecule has 24 heavy (non-hydrogen) atoms. The molecule has 5 nitrogen and oxygen atoms in total. The summed E-state index contributed by atoms with van der Waals surface area (Å²) in [6, 6.07) is 9.44. The summed E-state index contributed by atoms with van der Waals surface area (Å²) in [6.45, 7) is 0.958. The Hall–Kier alpha value is -1.66. The van der Waals surface area contributed by atoms with Crippen molar-refractivity contribution in [1.29, 1.82) is 0 Å². The first kappa shape index (κ1) is 14.7. The summed E-state index contributed by atoms with van der Waals surface area (Å²) in [4.78, 5) is 16.2. The molecule has 0 radical (unpaired) electrons. The third kappa shape index (κ3) is 2.09. The predicted octanol–water partition coefficient (Wildman–Crippen LogP) is 2.65. The number of hydrogen-bond donors (Lipinski definition) is 0. The monoisotopic (exact) mass is 343 g/mol. The second-order valence-corrected chi connectivity index (χ2v) is 8.23. The van der Waals surface area contributed by atoms with Crippen LogP contribution < -0.4 is 4.90 Å². The molecule has 2 bridgehead atoms. The standard InChI is InChI=1S/C18H21N3O2S/c1-20-11-18(23-10-16(20)22)8-12-6-7-13(9-18)21(12)17-14-4-2-3-5-15(14)24-19-17/h2-5,12-13H,6-11H2,1H3. The van der Waals surface area contributed by atoms with Gasteiger partial charge in [-0.1, -0.05) is 12.1 Å². The number of rotatable bonds is 1. The fraction of sp³-hybridized carbons (Fsp3) is 0.556. The lowest BCUT2D eigenvalue weighted by molar-refractivity contribution is -0.166. The molecule has 6 heteroatoms. The van der Waals surface area contributed by atoms with Gasteiger partial charge >= 0.3 is 0 Å². The van der Waals surface area contributed by atoms with Crippen LogP contribution in [0.5, 0.6) is 0 Å². The Kier molecular flexibility index (Phi) is 3.16. The molecule has 1 aromatic carbocycles. The van der Waals surface area contributed by atoms with Gasteiger partial charge in [-0.25, -0.2) is 0 Å². The fourth-order valence-electron chi connectivity index (χ4n) is 4.85. The Labute approximate surface area is 145 Å². The first-order chi connectivity index (χ1) is 11.7. The Balaban J connectivity index is 1.47. The normalized spacial score (nSPS) is 33.0. The third-order valence-corrected chi connectivity index (χ3v) is 6.71. The summed E-state index contributed by atoms with van der Waals surface area (Å²) < 4.78 is 12.1. The highest BCUT2D eigenvalue weighted by Crippen LogP contribution is 2.47. The molecule has 2 unspecified atom stereocenters. The van der Waals surface area contributed by atoms with Gasteiger partial charge in [0.05, 0.1) is 10.3 Å². The van der Waals surface area contributed by atoms with Gasteiger partial charge < -0.3 is 14.5 Å². The molecule has 1 spiro atoms. The van der Waals surface area contributed by atoms with Gasteiger partial charge in [-0.3, -0.25) is 4.79 Å². The number of nitrogens with zero attached hydrogens (tertiary/aromatic N) is 3. The van der Waals surface area contributed by atoms with E-state index < -0.39 is 0 Å². The van der Waals surface area contributed by atoms with E-state index in [1.807, 2.05) is 11.9 Å². The van der Waals surface area contributed by atoms with Crippen LogP contribution in [0.3, 0.4) is 0 Å². The van der Waals surface area contributed by atoms with Crippen LogP contribution in [0.2, 0.25) is 0 Å². The number of aromatic nitrogens is 1. The van der Waals surface area contributed by atoms with Gasteiger partial charge in [0, 0.05) is 31.1 Å². The summed E-state index contributed by atoms with van der Waals surface area (Å²) in [7, 11) is 1.90. The highest BCUT2D eigenvalue weighted by atomic mass is 32.1. The molecule has 2 aromatic rings. The van der Waals surface area contributed by atoms with E-state index in [1.54, 1.807) is 11.5 Å². The van der Waals surface area contributed by atoms with E-state index in [0.29, 0.717) is 12.1 Å². The van der Waals surface area contributed by atoms with Gasteiger partial charge in [0.1, 0.15) is 6.61 Å². The van der Waals surface area contributed by atoms with Crippen molar-refractivity contribution in [3.8, 4) is 0 Å². The van der Waals surface area contributed by atoms with Crippen LogP contribution in [0.15, 0.2) is 24.3 Å². The zero-order chi connectivity index (χ0) is 16.3. The number of amides is 1. The minimum absolute atomic E-state index is 0.0981. The maximum absolute atomic E-state index is 11.8. The fourth-order valence-corrected chi connectivity index (χ4v) is 5.62. The van der Waals surface area contributed by atoms with Crippen molar-refractivity contribution in [3.63, 3.8) is 0 Å². The summed E-state index contributed by atoms with van der Waals surface area (Å²) in [5, 5.41) is 1.27. The highest BCUT2D eigenvalue weighted by Gasteiger charge is 2.52. The van der Waals surface area contributed by atoms with Crippen LogP contribution >= 0.6 is 11.5 Å². The molecule has 3 aliphatic rings. The Morgan fingerprint density at radius 1 is 1.25 bits per heavy atom. The number of carbonyl (C=O) groups excluding carboxylic acids is 1. The molecule has 1 amide bonds. The van der Waals surface area contributed by atoms with Crippen molar-refractivity contribution in [3.05, 3.63) is 24.3 Å². The number of fused-ring (bicyclic) bond motifs is 3. The molecule has 0 aliphatic carbocycles. The highest BCUT2D eigenvalue weighted by molar-refractivity contribution is 7.13. The van der Waals surface area contributed by atoms with E-state index in [1.165, 1.54) is 22.9 Å². The van der Waals surface area contributed by atoms with Crippen molar-refractivity contribution >= 4 is 33.3 Å². The molecule has 3 saturated heterocycles. The molecule has 1 aromatic heterocycles. The quantitative estimate of drug-likeness (QED) is 0.799. The summed E-state index contributed by atoms with van der Waals surface area (Å²) >= 11 is 1.59. The van der Waals surface area contributed by atoms with Gasteiger partial charge in [-0.05, 0) is 49.3 Å². The number of benzene rings is 1. The van der Waals surface area contributed by atoms with Crippen LogP contribution in [0.1, 0.15) is 25.7 Å². The van der Waals surface area contributed by atoms with Gasteiger partial charge in [0.15, 0.2) is 5.82 Å². The summed E-state index contributed by atoms with van der Waals surface area (Å²) in [6.07, 6.45) is 4.37. The lowest BCUT2D eigenvalue weighted by Gasteiger charge is -2.49. The van der Waals surface area contributed by atoms with Crippen molar-refractivity contribution in [2.75, 3.05) is 25.1 Å². The summed E-state index contributed by atoms with van der Waals surface area (Å²) in [5.41, 5.74) is -0.156. The van der Waals surface area contributed by atoms with Crippen LogP contribution in [-0.4, -0.2) is 53.1 Å². The predicted molar refractivity (Wildman–Crippen MR) is 94.5 cm³/mol. The lowest BCUT2D eigenvalue weighted by Crippen LogP contribution is -2.60. The first-order valence-corrected chi connectivity index (χ1v) is 9.43. The van der Waals surface area contributed by atoms with E-state index in [2.05, 4.69) is 29.2 Å². The Bertz CT molecular complexity index is 790. The zero-order valence-corrected chi connectivity index (χ0v) is 14.6. The number of piperidine rings is 1. The van der Waals surface area contributed by atoms with Crippen LogP contribution in [0.4, 0.5) is 5.82 Å². The molecular weight excluding hydrogens is 322 g/mol. The van der Waals surface area contributed by atoms with Crippen LogP contribution in [-0.2, 0) is 9.53 Å². The van der Waals surface area contributed by atoms with Gasteiger partial charge in [0.25, 0.3) is 0 Å². The van der Waals surface area contributed by atoms with E-state index in [-0.39, 0.29) is 18.1 Å². The number of hydrogen-bond acceptors (Lipinski definition) is 5. The molecule has 2 atom stereocenters. The lowest BCUT2D eigenvalue weighted by atomic mass is 9.84. The smallest absolute Gasteiger partial charge is 0.248 e. The molecule has 126 valence electrons. The van der Waals surface area contributed by atoms with Gasteiger partial charge in [0.2, 0.25) is 5.91 Å². The van der Waals surface area contributed by atoms with Gasteiger partial charge in [-0.2, -0.15) is 4.37 Å². The second-order valence-electron chi connectivity index (χ2n) is 7.42. The topological polar surface area (TPSA) is 45.7 Å². The molecule has 4 heterocycles. The number of carbonyl (C=O) groups is 1. The molecule has 0 N–H and O–H groups in total.